The maximum absolute atomic E-state index is 12.4. The van der Waals surface area contributed by atoms with E-state index in [1.807, 2.05) is 51.1 Å². The van der Waals surface area contributed by atoms with Gasteiger partial charge in [0.2, 0.25) is 0 Å². The number of piperidine rings is 1. The second-order valence-corrected chi connectivity index (χ2v) is 9.96. The Morgan fingerprint density at radius 1 is 1.12 bits per heavy atom. The molecule has 0 radical (unpaired) electrons. The number of likely N-dealkylation sites (tertiary alicyclic amines) is 1. The molecule has 0 aromatic heterocycles. The van der Waals surface area contributed by atoms with Crippen molar-refractivity contribution in [1.82, 2.24) is 20.9 Å². The van der Waals surface area contributed by atoms with E-state index in [1.165, 1.54) is 25.7 Å². The smallest absolute Gasteiger partial charge is 0.408 e. The van der Waals surface area contributed by atoms with Crippen molar-refractivity contribution < 1.29 is 9.53 Å². The summed E-state index contributed by atoms with van der Waals surface area (Å²) in [6, 6.07) is 11.0. The number of carbonyl (C=O) groups excluding carboxylic acids is 1. The highest BCUT2D eigenvalue weighted by molar-refractivity contribution is 5.80. The number of aliphatic imine (C=N–C) groups is 1. The highest BCUT2D eigenvalue weighted by Crippen LogP contribution is 2.26. The molecule has 1 saturated carbocycles. The zero-order chi connectivity index (χ0) is 23.0. The number of hydrogen-bond donors (Lipinski definition) is 3. The van der Waals surface area contributed by atoms with E-state index in [4.69, 9.17) is 4.74 Å². The summed E-state index contributed by atoms with van der Waals surface area (Å²) < 4.78 is 5.47. The molecule has 1 unspecified atom stereocenters. The number of benzene rings is 1. The van der Waals surface area contributed by atoms with Crippen molar-refractivity contribution in [2.24, 2.45) is 4.99 Å². The van der Waals surface area contributed by atoms with Gasteiger partial charge >= 0.3 is 6.09 Å². The fourth-order valence-electron chi connectivity index (χ4n) is 4.65. The van der Waals surface area contributed by atoms with Crippen molar-refractivity contribution in [3.8, 4) is 0 Å². The van der Waals surface area contributed by atoms with Gasteiger partial charge in [0.1, 0.15) is 5.60 Å². The molecule has 1 saturated heterocycles. The number of nitrogens with zero attached hydrogens (tertiary/aromatic N) is 2. The molecule has 0 bridgehead atoms. The maximum atomic E-state index is 12.4. The molecule has 3 N–H and O–H groups in total. The van der Waals surface area contributed by atoms with Gasteiger partial charge in [-0.05, 0) is 52.0 Å². The minimum absolute atomic E-state index is 0.228. The van der Waals surface area contributed by atoms with Crippen LogP contribution in [0.3, 0.4) is 0 Å². The summed E-state index contributed by atoms with van der Waals surface area (Å²) in [4.78, 5) is 19.5. The predicted molar refractivity (Wildman–Crippen MR) is 130 cm³/mol. The molecule has 7 nitrogen and oxygen atoms in total. The van der Waals surface area contributed by atoms with Crippen LogP contribution in [0, 0.1) is 0 Å². The van der Waals surface area contributed by atoms with Crippen molar-refractivity contribution >= 4 is 12.1 Å². The molecule has 0 spiro atoms. The molecule has 1 aromatic rings. The van der Waals surface area contributed by atoms with Gasteiger partial charge in [0.25, 0.3) is 0 Å². The average molecular weight is 444 g/mol. The Hall–Kier alpha value is -2.28. The molecule has 7 heteroatoms. The first-order chi connectivity index (χ1) is 15.3. The van der Waals surface area contributed by atoms with Crippen molar-refractivity contribution in [3.05, 3.63) is 35.9 Å². The van der Waals surface area contributed by atoms with Crippen LogP contribution in [-0.4, -0.2) is 61.3 Å². The highest BCUT2D eigenvalue weighted by atomic mass is 16.6. The number of rotatable bonds is 6. The van der Waals surface area contributed by atoms with E-state index < -0.39 is 11.7 Å². The number of nitrogens with one attached hydrogen (secondary N) is 3. The van der Waals surface area contributed by atoms with Gasteiger partial charge in [-0.25, -0.2) is 4.79 Å². The van der Waals surface area contributed by atoms with Gasteiger partial charge in [-0.15, -0.1) is 0 Å². The van der Waals surface area contributed by atoms with E-state index in [1.54, 1.807) is 7.05 Å². The van der Waals surface area contributed by atoms with E-state index in [2.05, 4.69) is 25.8 Å². The Balaban J connectivity index is 1.51. The van der Waals surface area contributed by atoms with Crippen LogP contribution in [0.25, 0.3) is 0 Å². The van der Waals surface area contributed by atoms with Crippen LogP contribution in [-0.2, 0) is 4.74 Å². The Morgan fingerprint density at radius 2 is 1.78 bits per heavy atom. The molecule has 1 aliphatic heterocycles. The quantitative estimate of drug-likeness (QED) is 0.460. The number of hydrogen-bond acceptors (Lipinski definition) is 4. The van der Waals surface area contributed by atoms with Gasteiger partial charge < -0.3 is 25.6 Å². The average Bonchev–Trinajstić information content (AvgIpc) is 3.30. The highest BCUT2D eigenvalue weighted by Gasteiger charge is 2.27. The summed E-state index contributed by atoms with van der Waals surface area (Å²) >= 11 is 0. The van der Waals surface area contributed by atoms with Gasteiger partial charge in [-0.2, -0.15) is 0 Å². The van der Waals surface area contributed by atoms with Crippen LogP contribution in [0.2, 0.25) is 0 Å². The number of guanidine groups is 1. The summed E-state index contributed by atoms with van der Waals surface area (Å²) in [6.45, 7) is 8.44. The standard InChI is InChI=1S/C25H41N5O2/c1-25(2,3)32-24(31)29-22(19-10-6-5-7-11-19)18-27-23(26-4)28-20-14-16-30(17-15-20)21-12-8-9-13-21/h5-7,10-11,20-22H,8-9,12-18H2,1-4H3,(H,29,31)(H2,26,27,28). The molecule has 1 amide bonds. The lowest BCUT2D eigenvalue weighted by molar-refractivity contribution is 0.0504. The maximum Gasteiger partial charge on any atom is 0.408 e. The molecule has 1 heterocycles. The third kappa shape index (κ3) is 7.69. The topological polar surface area (TPSA) is 78.0 Å². The van der Waals surface area contributed by atoms with Gasteiger partial charge in [-0.1, -0.05) is 43.2 Å². The molecule has 2 aliphatic rings. The lowest BCUT2D eigenvalue weighted by Gasteiger charge is -2.36. The van der Waals surface area contributed by atoms with Crippen molar-refractivity contribution in [1.29, 1.82) is 0 Å². The molecule has 178 valence electrons. The number of carbonyl (C=O) groups is 1. The molecular formula is C25H41N5O2. The zero-order valence-corrected chi connectivity index (χ0v) is 20.2. The van der Waals surface area contributed by atoms with E-state index in [0.717, 1.165) is 43.5 Å². The monoisotopic (exact) mass is 443 g/mol. The first-order valence-electron chi connectivity index (χ1n) is 12.1. The second-order valence-electron chi connectivity index (χ2n) is 9.96. The van der Waals surface area contributed by atoms with E-state index >= 15 is 0 Å². The van der Waals surface area contributed by atoms with Gasteiger partial charge in [0.15, 0.2) is 5.96 Å². The van der Waals surface area contributed by atoms with E-state index in [9.17, 15) is 4.79 Å². The summed E-state index contributed by atoms with van der Waals surface area (Å²) in [6.07, 6.45) is 7.36. The zero-order valence-electron chi connectivity index (χ0n) is 20.2. The van der Waals surface area contributed by atoms with Crippen molar-refractivity contribution in [2.75, 3.05) is 26.7 Å². The molecular weight excluding hydrogens is 402 g/mol. The van der Waals surface area contributed by atoms with Crippen LogP contribution in [0.1, 0.15) is 70.9 Å². The summed E-state index contributed by atoms with van der Waals surface area (Å²) in [5, 5.41) is 9.99. The molecule has 1 aliphatic carbocycles. The summed E-state index contributed by atoms with van der Waals surface area (Å²) in [7, 11) is 1.79. The largest absolute Gasteiger partial charge is 0.444 e. The van der Waals surface area contributed by atoms with Crippen LogP contribution in [0.4, 0.5) is 4.79 Å². The Bertz CT molecular complexity index is 732. The van der Waals surface area contributed by atoms with Crippen LogP contribution in [0.5, 0.6) is 0 Å². The predicted octanol–water partition coefficient (Wildman–Crippen LogP) is 3.82. The molecule has 1 atom stereocenters. The van der Waals surface area contributed by atoms with Crippen LogP contribution < -0.4 is 16.0 Å². The second kappa shape index (κ2) is 11.5. The Kier molecular flexibility index (Phi) is 8.79. The van der Waals surface area contributed by atoms with Crippen LogP contribution in [0.15, 0.2) is 35.3 Å². The Morgan fingerprint density at radius 3 is 2.38 bits per heavy atom. The minimum Gasteiger partial charge on any atom is -0.444 e. The third-order valence-electron chi connectivity index (χ3n) is 6.30. The fourth-order valence-corrected chi connectivity index (χ4v) is 4.65. The molecule has 3 rings (SSSR count). The number of amides is 1. The Labute approximate surface area is 193 Å². The molecule has 2 fully saturated rings. The SMILES string of the molecule is CN=C(NCC(NC(=O)OC(C)(C)C)c1ccccc1)NC1CCN(C2CCCC2)CC1. The van der Waals surface area contributed by atoms with Crippen molar-refractivity contribution in [3.63, 3.8) is 0 Å². The minimum atomic E-state index is -0.538. The lowest BCUT2D eigenvalue weighted by Crippen LogP contribution is -2.51. The van der Waals surface area contributed by atoms with Crippen molar-refractivity contribution in [2.45, 2.75) is 83.0 Å². The first-order valence-corrected chi connectivity index (χ1v) is 12.1. The summed E-state index contributed by atoms with van der Waals surface area (Å²) in [5.74, 6) is 0.774. The number of alkyl carbamates (subject to hydrolysis) is 1. The molecule has 32 heavy (non-hydrogen) atoms. The van der Waals surface area contributed by atoms with Gasteiger partial charge in [0.05, 0.1) is 6.04 Å². The van der Waals surface area contributed by atoms with Gasteiger partial charge in [0, 0.05) is 38.8 Å². The fraction of sp³-hybridized carbons (Fsp3) is 0.680. The number of ether oxygens (including phenoxy) is 1. The van der Waals surface area contributed by atoms with Gasteiger partial charge in [-0.3, -0.25) is 4.99 Å². The summed E-state index contributed by atoms with van der Waals surface area (Å²) in [5.41, 5.74) is 0.482. The lowest BCUT2D eigenvalue weighted by atomic mass is 10.0. The molecule has 1 aromatic carbocycles. The van der Waals surface area contributed by atoms with E-state index in [0.29, 0.717) is 12.6 Å². The first kappa shape index (κ1) is 24.4. The normalized spacial score (nSPS) is 20.1. The van der Waals surface area contributed by atoms with E-state index in [-0.39, 0.29) is 6.04 Å². The van der Waals surface area contributed by atoms with Crippen LogP contribution >= 0.6 is 0 Å². The third-order valence-corrected chi connectivity index (χ3v) is 6.30.